The van der Waals surface area contributed by atoms with E-state index >= 15 is 0 Å². The van der Waals surface area contributed by atoms with Crippen molar-refractivity contribution in [2.75, 3.05) is 13.1 Å². The summed E-state index contributed by atoms with van der Waals surface area (Å²) < 4.78 is 25.6. The third-order valence-corrected chi connectivity index (χ3v) is 4.57. The normalized spacial score (nSPS) is 11.5. The quantitative estimate of drug-likeness (QED) is 0.744. The Morgan fingerprint density at radius 3 is 2.40 bits per heavy atom. The van der Waals surface area contributed by atoms with E-state index in [0.717, 1.165) is 22.7 Å². The number of hydrogen-bond donors (Lipinski definition) is 1. The second kappa shape index (κ2) is 7.21. The predicted molar refractivity (Wildman–Crippen MR) is 77.0 cm³/mol. The van der Waals surface area contributed by atoms with E-state index in [1.807, 2.05) is 6.92 Å². The molecule has 1 aromatic rings. The van der Waals surface area contributed by atoms with Crippen LogP contribution in [0.5, 0.6) is 0 Å². The van der Waals surface area contributed by atoms with Gasteiger partial charge in [-0.2, -0.15) is 4.31 Å². The minimum absolute atomic E-state index is 0.0364. The highest BCUT2D eigenvalue weighted by molar-refractivity contribution is 7.89. The second-order valence-corrected chi connectivity index (χ2v) is 6.31. The van der Waals surface area contributed by atoms with Crippen LogP contribution in [0, 0.1) is 0 Å². The summed E-state index contributed by atoms with van der Waals surface area (Å²) in [6.45, 7) is 4.88. The molecule has 0 spiro atoms. The standard InChI is InChI=1S/C14H19NO4S/c1-3-5-12-6-8-13(9-7-12)20(18,19)15(10-4-2)11-14(16)17/h4,6-9H,2-3,5,10-11H2,1H3,(H,16,17). The largest absolute Gasteiger partial charge is 0.480 e. The fourth-order valence-electron chi connectivity index (χ4n) is 1.81. The number of carbonyl (C=O) groups is 1. The van der Waals surface area contributed by atoms with E-state index in [-0.39, 0.29) is 11.4 Å². The molecule has 1 aromatic carbocycles. The Bertz CT molecular complexity index is 563. The molecule has 20 heavy (non-hydrogen) atoms. The third-order valence-electron chi connectivity index (χ3n) is 2.74. The highest BCUT2D eigenvalue weighted by Gasteiger charge is 2.25. The second-order valence-electron chi connectivity index (χ2n) is 4.37. The van der Waals surface area contributed by atoms with E-state index < -0.39 is 22.5 Å². The van der Waals surface area contributed by atoms with Gasteiger partial charge >= 0.3 is 5.97 Å². The van der Waals surface area contributed by atoms with Gasteiger partial charge in [0.05, 0.1) is 4.90 Å². The topological polar surface area (TPSA) is 74.7 Å². The van der Waals surface area contributed by atoms with Crippen LogP contribution in [0.1, 0.15) is 18.9 Å². The average molecular weight is 297 g/mol. The molecular weight excluding hydrogens is 278 g/mol. The first kappa shape index (κ1) is 16.4. The molecule has 6 heteroatoms. The van der Waals surface area contributed by atoms with Crippen LogP contribution in [0.25, 0.3) is 0 Å². The molecule has 0 fully saturated rings. The van der Waals surface area contributed by atoms with Crippen LogP contribution in [-0.4, -0.2) is 36.9 Å². The summed E-state index contributed by atoms with van der Waals surface area (Å²) in [5, 5.41) is 8.79. The number of benzene rings is 1. The van der Waals surface area contributed by atoms with Gasteiger partial charge in [0, 0.05) is 6.54 Å². The van der Waals surface area contributed by atoms with Gasteiger partial charge in [0.2, 0.25) is 10.0 Å². The number of hydrogen-bond acceptors (Lipinski definition) is 3. The van der Waals surface area contributed by atoms with E-state index in [2.05, 4.69) is 6.58 Å². The molecule has 0 bridgehead atoms. The van der Waals surface area contributed by atoms with Crippen molar-refractivity contribution in [3.05, 3.63) is 42.5 Å². The number of carboxylic acid groups (broad SMARTS) is 1. The minimum atomic E-state index is -3.81. The van der Waals surface area contributed by atoms with Crippen molar-refractivity contribution in [3.63, 3.8) is 0 Å². The molecule has 0 aliphatic rings. The molecule has 0 saturated carbocycles. The van der Waals surface area contributed by atoms with Gasteiger partial charge in [-0.05, 0) is 24.1 Å². The minimum Gasteiger partial charge on any atom is -0.480 e. The first-order valence-corrected chi connectivity index (χ1v) is 7.77. The smallest absolute Gasteiger partial charge is 0.318 e. The SMILES string of the molecule is C=CCN(CC(=O)O)S(=O)(=O)c1ccc(CCC)cc1. The fourth-order valence-corrected chi connectivity index (χ4v) is 3.17. The molecule has 0 radical (unpaired) electrons. The Morgan fingerprint density at radius 2 is 1.95 bits per heavy atom. The maximum absolute atomic E-state index is 12.3. The first-order valence-electron chi connectivity index (χ1n) is 6.33. The van der Waals surface area contributed by atoms with Crippen molar-refractivity contribution in [3.8, 4) is 0 Å². The van der Waals surface area contributed by atoms with Crippen LogP contribution in [0.2, 0.25) is 0 Å². The van der Waals surface area contributed by atoms with Crippen LogP contribution >= 0.6 is 0 Å². The molecule has 0 amide bonds. The maximum Gasteiger partial charge on any atom is 0.318 e. The summed E-state index contributed by atoms with van der Waals surface area (Å²) in [6.07, 6.45) is 3.23. The van der Waals surface area contributed by atoms with E-state index in [0.29, 0.717) is 0 Å². The highest BCUT2D eigenvalue weighted by atomic mass is 32.2. The number of carboxylic acids is 1. The van der Waals surface area contributed by atoms with Gasteiger partial charge in [0.1, 0.15) is 6.54 Å². The van der Waals surface area contributed by atoms with Crippen LogP contribution in [0.3, 0.4) is 0 Å². The predicted octanol–water partition coefficient (Wildman–Crippen LogP) is 1.90. The zero-order valence-electron chi connectivity index (χ0n) is 11.4. The summed E-state index contributed by atoms with van der Waals surface area (Å²) in [4.78, 5) is 10.9. The average Bonchev–Trinajstić information content (AvgIpc) is 2.39. The molecule has 5 nitrogen and oxygen atoms in total. The van der Waals surface area contributed by atoms with Gasteiger partial charge in [-0.15, -0.1) is 6.58 Å². The van der Waals surface area contributed by atoms with Crippen LogP contribution in [0.4, 0.5) is 0 Å². The van der Waals surface area contributed by atoms with E-state index in [4.69, 9.17) is 5.11 Å². The first-order chi connectivity index (χ1) is 9.41. The number of aliphatic carboxylic acids is 1. The van der Waals surface area contributed by atoms with E-state index in [9.17, 15) is 13.2 Å². The molecule has 1 rings (SSSR count). The Balaban J connectivity index is 3.05. The molecule has 1 N–H and O–H groups in total. The zero-order valence-corrected chi connectivity index (χ0v) is 12.3. The summed E-state index contributed by atoms with van der Waals surface area (Å²) in [6, 6.07) is 6.53. The summed E-state index contributed by atoms with van der Waals surface area (Å²) in [7, 11) is -3.81. The van der Waals surface area contributed by atoms with Gasteiger partial charge < -0.3 is 5.11 Å². The lowest BCUT2D eigenvalue weighted by Gasteiger charge is -2.18. The Kier molecular flexibility index (Phi) is 5.91. The summed E-state index contributed by atoms with van der Waals surface area (Å²) in [5.41, 5.74) is 1.06. The molecule has 0 aliphatic carbocycles. The zero-order chi connectivity index (χ0) is 15.2. The van der Waals surface area contributed by atoms with Crippen molar-refractivity contribution in [2.24, 2.45) is 0 Å². The van der Waals surface area contributed by atoms with E-state index in [1.54, 1.807) is 12.1 Å². The Labute approximate surface area is 119 Å². The van der Waals surface area contributed by atoms with Crippen molar-refractivity contribution >= 4 is 16.0 Å². The van der Waals surface area contributed by atoms with Gasteiger partial charge in [0.25, 0.3) is 0 Å². The lowest BCUT2D eigenvalue weighted by Crippen LogP contribution is -2.35. The monoisotopic (exact) mass is 297 g/mol. The molecule has 0 unspecified atom stereocenters. The molecule has 0 saturated heterocycles. The third kappa shape index (κ3) is 4.18. The molecule has 110 valence electrons. The molecule has 0 heterocycles. The van der Waals surface area contributed by atoms with Crippen molar-refractivity contribution in [1.82, 2.24) is 4.31 Å². The van der Waals surface area contributed by atoms with Crippen LogP contribution < -0.4 is 0 Å². The number of aryl methyl sites for hydroxylation is 1. The van der Waals surface area contributed by atoms with Gasteiger partial charge in [-0.25, -0.2) is 8.42 Å². The van der Waals surface area contributed by atoms with Gasteiger partial charge in [-0.1, -0.05) is 31.6 Å². The van der Waals surface area contributed by atoms with E-state index in [1.165, 1.54) is 18.2 Å². The number of rotatable bonds is 8. The highest BCUT2D eigenvalue weighted by Crippen LogP contribution is 2.17. The maximum atomic E-state index is 12.3. The molecular formula is C14H19NO4S. The molecule has 0 aliphatic heterocycles. The van der Waals surface area contributed by atoms with Gasteiger partial charge in [-0.3, -0.25) is 4.79 Å². The Morgan fingerprint density at radius 1 is 1.35 bits per heavy atom. The summed E-state index contributed by atoms with van der Waals surface area (Å²) >= 11 is 0. The van der Waals surface area contributed by atoms with Crippen molar-refractivity contribution in [2.45, 2.75) is 24.7 Å². The van der Waals surface area contributed by atoms with Crippen LogP contribution in [-0.2, 0) is 21.2 Å². The van der Waals surface area contributed by atoms with Crippen LogP contribution in [0.15, 0.2) is 41.8 Å². The lowest BCUT2D eigenvalue weighted by atomic mass is 10.1. The van der Waals surface area contributed by atoms with Crippen molar-refractivity contribution in [1.29, 1.82) is 0 Å². The molecule has 0 aromatic heterocycles. The summed E-state index contributed by atoms with van der Waals surface area (Å²) in [5.74, 6) is -1.20. The Hall–Kier alpha value is -1.66. The van der Waals surface area contributed by atoms with Crippen molar-refractivity contribution < 1.29 is 18.3 Å². The molecule has 0 atom stereocenters. The lowest BCUT2D eigenvalue weighted by molar-refractivity contribution is -0.137. The number of sulfonamides is 1. The fraction of sp³-hybridized carbons (Fsp3) is 0.357. The number of nitrogens with zero attached hydrogens (tertiary/aromatic N) is 1. The van der Waals surface area contributed by atoms with Gasteiger partial charge in [0.15, 0.2) is 0 Å².